The number of halogens is 1. The summed E-state index contributed by atoms with van der Waals surface area (Å²) in [5, 5.41) is 0. The van der Waals surface area contributed by atoms with Gasteiger partial charge in [0.1, 0.15) is 0 Å². The summed E-state index contributed by atoms with van der Waals surface area (Å²) in [5.74, 6) is 0.187. The van der Waals surface area contributed by atoms with Crippen LogP contribution in [0.4, 0.5) is 0 Å². The van der Waals surface area contributed by atoms with Crippen LogP contribution in [0.15, 0.2) is 0 Å². The Balaban J connectivity index is 3.47. The van der Waals surface area contributed by atoms with E-state index in [4.69, 9.17) is 16.5 Å². The molecule has 0 saturated carbocycles. The van der Waals surface area contributed by atoms with Crippen molar-refractivity contribution in [3.05, 3.63) is 0 Å². The second-order valence-electron chi connectivity index (χ2n) is 1.47. The van der Waals surface area contributed by atoms with Crippen LogP contribution in [0.5, 0.6) is 0 Å². The molecule has 68 valence electrons. The molecule has 0 amide bonds. The molecule has 0 aliphatic rings. The molecule has 0 radical (unpaired) electrons. The van der Waals surface area contributed by atoms with Crippen LogP contribution < -0.4 is 0 Å². The predicted molar refractivity (Wildman–Crippen MR) is 39.2 cm³/mol. The number of rotatable bonds is 6. The van der Waals surface area contributed by atoms with Gasteiger partial charge in [-0.1, -0.05) is 0 Å². The molecular formula is C4H10ClO5P. The zero-order valence-electron chi connectivity index (χ0n) is 6.03. The van der Waals surface area contributed by atoms with E-state index >= 15 is 0 Å². The fraction of sp³-hybridized carbons (Fsp3) is 1.00. The normalized spacial score (nSPS) is 16.3. The van der Waals surface area contributed by atoms with Crippen molar-refractivity contribution in [1.29, 1.82) is 0 Å². The molecule has 0 aromatic carbocycles. The van der Waals surface area contributed by atoms with Crippen molar-refractivity contribution >= 4 is 19.4 Å². The summed E-state index contributed by atoms with van der Waals surface area (Å²) in [7, 11) is -4.00. The van der Waals surface area contributed by atoms with E-state index in [1.165, 1.54) is 0 Å². The zero-order valence-corrected chi connectivity index (χ0v) is 7.68. The molecule has 0 aliphatic heterocycles. The minimum absolute atomic E-state index is 0.0409. The maximum absolute atomic E-state index is 10.6. The average Bonchev–Trinajstić information content (AvgIpc) is 1.87. The van der Waals surface area contributed by atoms with E-state index in [0.29, 0.717) is 0 Å². The lowest BCUT2D eigenvalue weighted by atomic mass is 10.9. The lowest BCUT2D eigenvalue weighted by Gasteiger charge is -2.07. The Bertz CT molecular complexity index is 140. The molecule has 0 spiro atoms. The van der Waals surface area contributed by atoms with Crippen molar-refractivity contribution in [2.75, 3.05) is 19.1 Å². The van der Waals surface area contributed by atoms with Crippen LogP contribution in [0, 0.1) is 0 Å². The second kappa shape index (κ2) is 5.94. The van der Waals surface area contributed by atoms with Gasteiger partial charge in [-0.25, -0.2) is 9.45 Å². The Hall–Kier alpha value is 0.360. The predicted octanol–water partition coefficient (Wildman–Crippen LogP) is 1.31. The summed E-state index contributed by atoms with van der Waals surface area (Å²) in [6.07, 6.45) is 0. The molecule has 0 saturated heterocycles. The first-order valence-electron chi connectivity index (χ1n) is 2.97. The summed E-state index contributed by atoms with van der Waals surface area (Å²) in [6, 6.07) is 0. The van der Waals surface area contributed by atoms with E-state index in [1.807, 2.05) is 0 Å². The van der Waals surface area contributed by atoms with Crippen LogP contribution in [0.2, 0.25) is 0 Å². The average molecular weight is 205 g/mol. The summed E-state index contributed by atoms with van der Waals surface area (Å²) in [6.45, 7) is 1.69. The Labute approximate surface area is 69.8 Å². The zero-order chi connectivity index (χ0) is 8.74. The van der Waals surface area contributed by atoms with Gasteiger partial charge in [0.25, 0.3) is 0 Å². The number of hydrogen-bond acceptors (Lipinski definition) is 4. The van der Waals surface area contributed by atoms with Gasteiger partial charge in [-0.3, -0.25) is 4.52 Å². The van der Waals surface area contributed by atoms with Crippen molar-refractivity contribution in [3.63, 3.8) is 0 Å². The van der Waals surface area contributed by atoms with E-state index in [1.54, 1.807) is 6.92 Å². The van der Waals surface area contributed by atoms with Crippen LogP contribution in [-0.2, 0) is 18.7 Å². The molecule has 5 nitrogen and oxygen atoms in total. The van der Waals surface area contributed by atoms with Crippen molar-refractivity contribution in [2.45, 2.75) is 6.92 Å². The SMILES string of the molecule is CCOP(=O)(O)OOCCCl. The van der Waals surface area contributed by atoms with Crippen LogP contribution >= 0.6 is 19.4 Å². The summed E-state index contributed by atoms with van der Waals surface area (Å²) in [4.78, 5) is 12.9. The summed E-state index contributed by atoms with van der Waals surface area (Å²) >= 11 is 5.19. The minimum atomic E-state index is -4.00. The largest absolute Gasteiger partial charge is 0.499 e. The molecule has 7 heteroatoms. The first-order chi connectivity index (χ1) is 5.12. The first kappa shape index (κ1) is 11.4. The van der Waals surface area contributed by atoms with E-state index < -0.39 is 7.82 Å². The molecular weight excluding hydrogens is 194 g/mol. The van der Waals surface area contributed by atoms with E-state index in [-0.39, 0.29) is 19.1 Å². The number of phosphoric ester groups is 1. The quantitative estimate of drug-likeness (QED) is 0.232. The van der Waals surface area contributed by atoms with Crippen LogP contribution in [0.3, 0.4) is 0 Å². The van der Waals surface area contributed by atoms with Crippen molar-refractivity contribution in [3.8, 4) is 0 Å². The minimum Gasteiger partial charge on any atom is -0.301 e. The second-order valence-corrected chi connectivity index (χ2v) is 3.19. The highest BCUT2D eigenvalue weighted by Crippen LogP contribution is 2.42. The molecule has 0 rings (SSSR count). The van der Waals surface area contributed by atoms with Crippen molar-refractivity contribution in [1.82, 2.24) is 0 Å². The van der Waals surface area contributed by atoms with Crippen molar-refractivity contribution in [2.24, 2.45) is 0 Å². The van der Waals surface area contributed by atoms with E-state index in [9.17, 15) is 4.57 Å². The highest BCUT2D eigenvalue weighted by Gasteiger charge is 2.20. The molecule has 1 N–H and O–H groups in total. The number of hydrogen-bond donors (Lipinski definition) is 1. The Morgan fingerprint density at radius 2 is 2.27 bits per heavy atom. The molecule has 0 aromatic rings. The summed E-state index contributed by atoms with van der Waals surface area (Å²) in [5.41, 5.74) is 0. The van der Waals surface area contributed by atoms with Gasteiger partial charge in [0.05, 0.1) is 13.2 Å². The highest BCUT2D eigenvalue weighted by molar-refractivity contribution is 7.47. The molecule has 0 heterocycles. The number of phosphoric acid groups is 1. The van der Waals surface area contributed by atoms with Crippen molar-refractivity contribution < 1.29 is 23.5 Å². The van der Waals surface area contributed by atoms with Gasteiger partial charge in [0.15, 0.2) is 0 Å². The third kappa shape index (κ3) is 6.75. The smallest absolute Gasteiger partial charge is 0.301 e. The molecule has 11 heavy (non-hydrogen) atoms. The van der Waals surface area contributed by atoms with Crippen LogP contribution in [-0.4, -0.2) is 24.0 Å². The van der Waals surface area contributed by atoms with Crippen LogP contribution in [0.25, 0.3) is 0 Å². The maximum Gasteiger partial charge on any atom is 0.499 e. The molecule has 0 aliphatic carbocycles. The Morgan fingerprint density at radius 3 is 2.73 bits per heavy atom. The van der Waals surface area contributed by atoms with Gasteiger partial charge in [0.2, 0.25) is 0 Å². The lowest BCUT2D eigenvalue weighted by Crippen LogP contribution is -1.98. The van der Waals surface area contributed by atoms with Gasteiger partial charge < -0.3 is 4.89 Å². The monoisotopic (exact) mass is 204 g/mol. The topological polar surface area (TPSA) is 65.0 Å². The van der Waals surface area contributed by atoms with Gasteiger partial charge in [-0.05, 0) is 6.92 Å². The van der Waals surface area contributed by atoms with E-state index in [2.05, 4.69) is 14.1 Å². The van der Waals surface area contributed by atoms with Gasteiger partial charge in [-0.15, -0.1) is 16.3 Å². The molecule has 0 fully saturated rings. The number of alkyl halides is 1. The maximum atomic E-state index is 10.6. The third-order valence-corrected chi connectivity index (χ3v) is 1.63. The molecule has 1 atom stereocenters. The van der Waals surface area contributed by atoms with Crippen LogP contribution in [0.1, 0.15) is 6.92 Å². The fourth-order valence-electron chi connectivity index (χ4n) is 0.320. The Kier molecular flexibility index (Phi) is 6.14. The third-order valence-electron chi connectivity index (χ3n) is 0.600. The molecule has 0 bridgehead atoms. The van der Waals surface area contributed by atoms with Gasteiger partial charge >= 0.3 is 7.82 Å². The van der Waals surface area contributed by atoms with E-state index in [0.717, 1.165) is 0 Å². The fourth-order valence-corrected chi connectivity index (χ4v) is 0.960. The highest BCUT2D eigenvalue weighted by atomic mass is 35.5. The summed E-state index contributed by atoms with van der Waals surface area (Å²) < 4.78 is 18.9. The molecule has 0 aromatic heterocycles. The standard InChI is InChI=1S/C4H10ClO5P/c1-2-9-11(6,7)10-8-4-3-5/h2-4H2,1H3,(H,6,7). The molecule has 1 unspecified atom stereocenters. The first-order valence-corrected chi connectivity index (χ1v) is 5.00. The van der Waals surface area contributed by atoms with Gasteiger partial charge in [-0.2, -0.15) is 0 Å². The van der Waals surface area contributed by atoms with Gasteiger partial charge in [0, 0.05) is 5.88 Å². The lowest BCUT2D eigenvalue weighted by molar-refractivity contribution is -0.219. The Morgan fingerprint density at radius 1 is 1.64 bits per heavy atom.